The maximum atomic E-state index is 4.65. The van der Waals surface area contributed by atoms with Crippen LogP contribution in [0.3, 0.4) is 0 Å². The maximum absolute atomic E-state index is 4.65. The minimum atomic E-state index is 0.00635. The number of aryl methyl sites for hydroxylation is 1. The summed E-state index contributed by atoms with van der Waals surface area (Å²) in [6.45, 7) is 11.8. The second-order valence-electron chi connectivity index (χ2n) is 5.49. The lowest BCUT2D eigenvalue weighted by molar-refractivity contribution is 0.541. The molecule has 17 heavy (non-hydrogen) atoms. The van der Waals surface area contributed by atoms with E-state index in [4.69, 9.17) is 0 Å². The van der Waals surface area contributed by atoms with E-state index in [1.54, 1.807) is 0 Å². The Morgan fingerprint density at radius 1 is 1.12 bits per heavy atom. The van der Waals surface area contributed by atoms with E-state index >= 15 is 0 Å². The van der Waals surface area contributed by atoms with Crippen LogP contribution < -0.4 is 5.32 Å². The summed E-state index contributed by atoms with van der Waals surface area (Å²) in [5, 5.41) is 3.35. The number of aromatic nitrogens is 2. The first-order valence-corrected chi connectivity index (χ1v) is 6.59. The third-order valence-electron chi connectivity index (χ3n) is 2.51. The van der Waals surface area contributed by atoms with Crippen LogP contribution in [-0.4, -0.2) is 16.5 Å². The molecule has 0 aliphatic heterocycles. The van der Waals surface area contributed by atoms with Crippen molar-refractivity contribution in [1.82, 2.24) is 9.97 Å². The van der Waals surface area contributed by atoms with Gasteiger partial charge in [-0.2, -0.15) is 0 Å². The molecule has 1 N–H and O–H groups in total. The first kappa shape index (κ1) is 13.9. The summed E-state index contributed by atoms with van der Waals surface area (Å²) >= 11 is 0. The third kappa shape index (κ3) is 4.33. The highest BCUT2D eigenvalue weighted by atomic mass is 15.0. The Hall–Kier alpha value is -1.12. The molecule has 0 spiro atoms. The van der Waals surface area contributed by atoms with E-state index in [9.17, 15) is 0 Å². The van der Waals surface area contributed by atoms with Crippen LogP contribution in [0.2, 0.25) is 0 Å². The molecule has 0 unspecified atom stereocenters. The highest BCUT2D eigenvalue weighted by molar-refractivity contribution is 5.37. The van der Waals surface area contributed by atoms with Crippen molar-refractivity contribution in [2.45, 2.75) is 59.3 Å². The van der Waals surface area contributed by atoms with Gasteiger partial charge in [-0.15, -0.1) is 0 Å². The van der Waals surface area contributed by atoms with Crippen LogP contribution in [-0.2, 0) is 11.8 Å². The van der Waals surface area contributed by atoms with Crippen LogP contribution in [0.15, 0.2) is 6.07 Å². The van der Waals surface area contributed by atoms with Gasteiger partial charge in [0.2, 0.25) is 0 Å². The second-order valence-corrected chi connectivity index (χ2v) is 5.49. The number of rotatable bonds is 5. The van der Waals surface area contributed by atoms with Gasteiger partial charge >= 0.3 is 0 Å². The Morgan fingerprint density at radius 3 is 2.35 bits per heavy atom. The van der Waals surface area contributed by atoms with Gasteiger partial charge in [-0.05, 0) is 12.8 Å². The Morgan fingerprint density at radius 2 is 1.82 bits per heavy atom. The molecule has 0 radical (unpaired) electrons. The number of nitrogens with one attached hydrogen (secondary N) is 1. The van der Waals surface area contributed by atoms with Crippen LogP contribution >= 0.6 is 0 Å². The Bertz CT molecular complexity index is 353. The van der Waals surface area contributed by atoms with Gasteiger partial charge in [-0.1, -0.05) is 41.0 Å². The zero-order chi connectivity index (χ0) is 12.9. The summed E-state index contributed by atoms with van der Waals surface area (Å²) in [5.41, 5.74) is 1.15. The van der Waals surface area contributed by atoms with Gasteiger partial charge in [0.05, 0.1) is 0 Å². The zero-order valence-electron chi connectivity index (χ0n) is 11.8. The first-order chi connectivity index (χ1) is 7.97. The molecule has 3 nitrogen and oxygen atoms in total. The fourth-order valence-corrected chi connectivity index (χ4v) is 1.56. The van der Waals surface area contributed by atoms with Crippen LogP contribution in [0.4, 0.5) is 5.82 Å². The molecule has 0 aromatic carbocycles. The van der Waals surface area contributed by atoms with Crippen LogP contribution in [0.5, 0.6) is 0 Å². The molecule has 0 fully saturated rings. The SMILES string of the molecule is CCCNc1cc(CCC)nc(C(C)(C)C)n1. The maximum Gasteiger partial charge on any atom is 0.136 e. The van der Waals surface area contributed by atoms with Gasteiger partial charge in [-0.3, -0.25) is 0 Å². The summed E-state index contributed by atoms with van der Waals surface area (Å²) < 4.78 is 0. The summed E-state index contributed by atoms with van der Waals surface area (Å²) in [4.78, 5) is 9.25. The van der Waals surface area contributed by atoms with Crippen LogP contribution in [0, 0.1) is 0 Å². The smallest absolute Gasteiger partial charge is 0.136 e. The molecule has 0 aliphatic carbocycles. The van der Waals surface area contributed by atoms with E-state index < -0.39 is 0 Å². The number of hydrogen-bond acceptors (Lipinski definition) is 3. The molecule has 0 saturated heterocycles. The molecular formula is C14H25N3. The van der Waals surface area contributed by atoms with E-state index in [-0.39, 0.29) is 5.41 Å². The zero-order valence-corrected chi connectivity index (χ0v) is 11.8. The topological polar surface area (TPSA) is 37.8 Å². The van der Waals surface area contributed by atoms with E-state index in [0.29, 0.717) is 0 Å². The molecule has 0 saturated carbocycles. The monoisotopic (exact) mass is 235 g/mol. The third-order valence-corrected chi connectivity index (χ3v) is 2.51. The van der Waals surface area contributed by atoms with E-state index in [2.05, 4.69) is 56.0 Å². The van der Waals surface area contributed by atoms with Gasteiger partial charge in [-0.25, -0.2) is 9.97 Å². The lowest BCUT2D eigenvalue weighted by Crippen LogP contribution is -2.18. The molecule has 3 heteroatoms. The molecule has 1 aromatic rings. The highest BCUT2D eigenvalue weighted by Gasteiger charge is 2.18. The highest BCUT2D eigenvalue weighted by Crippen LogP contribution is 2.21. The summed E-state index contributed by atoms with van der Waals surface area (Å²) in [7, 11) is 0. The lowest BCUT2D eigenvalue weighted by atomic mass is 9.95. The molecule has 1 aromatic heterocycles. The fourth-order valence-electron chi connectivity index (χ4n) is 1.56. The predicted molar refractivity (Wildman–Crippen MR) is 73.5 cm³/mol. The Balaban J connectivity index is 3.01. The first-order valence-electron chi connectivity index (χ1n) is 6.59. The Labute approximate surface area is 105 Å². The molecule has 0 atom stereocenters. The largest absolute Gasteiger partial charge is 0.370 e. The van der Waals surface area contributed by atoms with Crippen molar-refractivity contribution in [2.24, 2.45) is 0 Å². The second kappa shape index (κ2) is 5.99. The lowest BCUT2D eigenvalue weighted by Gasteiger charge is -2.18. The minimum Gasteiger partial charge on any atom is -0.370 e. The van der Waals surface area contributed by atoms with Crippen molar-refractivity contribution in [3.8, 4) is 0 Å². The molecule has 1 heterocycles. The van der Waals surface area contributed by atoms with Crippen LogP contribution in [0.25, 0.3) is 0 Å². The summed E-state index contributed by atoms with van der Waals surface area (Å²) in [6.07, 6.45) is 3.25. The average molecular weight is 235 g/mol. The van der Waals surface area contributed by atoms with E-state index in [1.165, 1.54) is 0 Å². The number of hydrogen-bond donors (Lipinski definition) is 1. The normalized spacial score (nSPS) is 11.6. The van der Waals surface area contributed by atoms with Crippen molar-refractivity contribution in [1.29, 1.82) is 0 Å². The van der Waals surface area contributed by atoms with Gasteiger partial charge in [0, 0.05) is 23.7 Å². The van der Waals surface area contributed by atoms with Crippen molar-refractivity contribution in [3.63, 3.8) is 0 Å². The molecule has 1 rings (SSSR count). The van der Waals surface area contributed by atoms with Crippen molar-refractivity contribution >= 4 is 5.82 Å². The minimum absolute atomic E-state index is 0.00635. The van der Waals surface area contributed by atoms with Gasteiger partial charge in [0.25, 0.3) is 0 Å². The fraction of sp³-hybridized carbons (Fsp3) is 0.714. The number of nitrogens with zero attached hydrogens (tertiary/aromatic N) is 2. The van der Waals surface area contributed by atoms with E-state index in [0.717, 1.165) is 43.1 Å². The van der Waals surface area contributed by atoms with E-state index in [1.807, 2.05) is 0 Å². The molecule has 0 amide bonds. The quantitative estimate of drug-likeness (QED) is 0.848. The van der Waals surface area contributed by atoms with Crippen molar-refractivity contribution < 1.29 is 0 Å². The molecule has 96 valence electrons. The van der Waals surface area contributed by atoms with Crippen molar-refractivity contribution in [3.05, 3.63) is 17.6 Å². The molecule has 0 aliphatic rings. The standard InChI is InChI=1S/C14H25N3/c1-6-8-11-10-12(15-9-7-2)17-13(16-11)14(3,4)5/h10H,6-9H2,1-5H3,(H,15,16,17). The van der Waals surface area contributed by atoms with Crippen molar-refractivity contribution in [2.75, 3.05) is 11.9 Å². The van der Waals surface area contributed by atoms with Gasteiger partial charge in [0.15, 0.2) is 0 Å². The summed E-state index contributed by atoms with van der Waals surface area (Å²) in [6, 6.07) is 2.08. The van der Waals surface area contributed by atoms with Crippen LogP contribution in [0.1, 0.15) is 59.0 Å². The molecular weight excluding hydrogens is 210 g/mol. The molecule has 0 bridgehead atoms. The predicted octanol–water partition coefficient (Wildman–Crippen LogP) is 3.55. The van der Waals surface area contributed by atoms with Gasteiger partial charge in [0.1, 0.15) is 11.6 Å². The average Bonchev–Trinajstić information content (AvgIpc) is 2.25. The summed E-state index contributed by atoms with van der Waals surface area (Å²) in [5.74, 6) is 1.90. The van der Waals surface area contributed by atoms with Gasteiger partial charge < -0.3 is 5.32 Å². The Kier molecular flexibility index (Phi) is 4.91. The number of anilines is 1.